The van der Waals surface area contributed by atoms with Gasteiger partial charge in [0.15, 0.2) is 0 Å². The van der Waals surface area contributed by atoms with Gasteiger partial charge in [0, 0.05) is 25.1 Å². The molecule has 1 saturated heterocycles. The number of ether oxygens (including phenoxy) is 1. The highest BCUT2D eigenvalue weighted by atomic mass is 16.5. The Morgan fingerprint density at radius 3 is 2.57 bits per heavy atom. The molecule has 1 aliphatic rings. The maximum absolute atomic E-state index is 4.94. The van der Waals surface area contributed by atoms with Gasteiger partial charge in [-0.25, -0.2) is 0 Å². The Balaban J connectivity index is 0.000000165. The van der Waals surface area contributed by atoms with E-state index >= 15 is 0 Å². The first-order chi connectivity index (χ1) is 6.84. The second-order valence-corrected chi connectivity index (χ2v) is 3.64. The van der Waals surface area contributed by atoms with Crippen LogP contribution < -0.4 is 0 Å². The van der Waals surface area contributed by atoms with E-state index < -0.39 is 0 Å². The van der Waals surface area contributed by atoms with Crippen LogP contribution in [0.25, 0.3) is 0 Å². The van der Waals surface area contributed by atoms with Crippen LogP contribution in [-0.4, -0.2) is 23.4 Å². The molecule has 3 nitrogen and oxygen atoms in total. The van der Waals surface area contributed by atoms with Gasteiger partial charge in [-0.15, -0.1) is 0 Å². The number of aromatic amines is 1. The second-order valence-electron chi connectivity index (χ2n) is 3.64. The summed E-state index contributed by atoms with van der Waals surface area (Å²) in [5.74, 6) is 0.618. The molecule has 1 aromatic heterocycles. The van der Waals surface area contributed by atoms with Gasteiger partial charge in [-0.1, -0.05) is 13.8 Å². The highest BCUT2D eigenvalue weighted by Crippen LogP contribution is 2.13. The monoisotopic (exact) mass is 196 g/mol. The zero-order valence-corrected chi connectivity index (χ0v) is 9.12. The number of aromatic nitrogens is 2. The van der Waals surface area contributed by atoms with Crippen LogP contribution in [0.15, 0.2) is 12.3 Å². The zero-order chi connectivity index (χ0) is 10.2. The average Bonchev–Trinajstić information content (AvgIpc) is 2.91. The van der Waals surface area contributed by atoms with Crippen molar-refractivity contribution < 1.29 is 4.74 Å². The van der Waals surface area contributed by atoms with Crippen molar-refractivity contribution in [3.63, 3.8) is 0 Å². The molecule has 0 saturated carbocycles. The van der Waals surface area contributed by atoms with E-state index in [1.165, 1.54) is 25.0 Å². The second kappa shape index (κ2) is 6.60. The Morgan fingerprint density at radius 1 is 1.50 bits per heavy atom. The molecule has 0 spiro atoms. The molecule has 2 heterocycles. The van der Waals surface area contributed by atoms with E-state index in [1.807, 2.05) is 6.07 Å². The van der Waals surface area contributed by atoms with Gasteiger partial charge in [-0.05, 0) is 31.2 Å². The molecule has 0 aliphatic carbocycles. The maximum atomic E-state index is 4.94. The summed E-state index contributed by atoms with van der Waals surface area (Å²) in [5, 5.41) is 6.80. The average molecular weight is 196 g/mol. The van der Waals surface area contributed by atoms with Crippen molar-refractivity contribution in [2.45, 2.75) is 39.0 Å². The summed E-state index contributed by atoms with van der Waals surface area (Å²) in [5.41, 5.74) is 1.23. The van der Waals surface area contributed by atoms with Crippen LogP contribution in [0.4, 0.5) is 0 Å². The topological polar surface area (TPSA) is 37.9 Å². The number of rotatable bonds is 2. The van der Waals surface area contributed by atoms with Crippen LogP contribution in [-0.2, 0) is 4.74 Å². The van der Waals surface area contributed by atoms with Crippen LogP contribution in [0.1, 0.15) is 44.7 Å². The third-order valence-electron chi connectivity index (χ3n) is 2.49. The van der Waals surface area contributed by atoms with Crippen molar-refractivity contribution in [1.29, 1.82) is 0 Å². The molecule has 80 valence electrons. The number of nitrogens with one attached hydrogen (secondary N) is 1. The van der Waals surface area contributed by atoms with Crippen molar-refractivity contribution in [3.8, 4) is 0 Å². The molecule has 1 aromatic rings. The summed E-state index contributed by atoms with van der Waals surface area (Å²) in [6.45, 7) is 6.36. The van der Waals surface area contributed by atoms with E-state index in [9.17, 15) is 0 Å². The van der Waals surface area contributed by atoms with Gasteiger partial charge in [-0.3, -0.25) is 5.10 Å². The molecule has 0 bridgehead atoms. The highest BCUT2D eigenvalue weighted by Gasteiger charge is 2.01. The number of hydrogen-bond acceptors (Lipinski definition) is 2. The van der Waals surface area contributed by atoms with Crippen LogP contribution in [0.3, 0.4) is 0 Å². The van der Waals surface area contributed by atoms with Crippen molar-refractivity contribution in [2.75, 3.05) is 13.2 Å². The van der Waals surface area contributed by atoms with Gasteiger partial charge in [0.05, 0.1) is 0 Å². The normalized spacial score (nSPS) is 17.3. The number of hydrogen-bond donors (Lipinski definition) is 1. The Labute approximate surface area is 85.9 Å². The van der Waals surface area contributed by atoms with E-state index in [0.29, 0.717) is 5.92 Å². The summed E-state index contributed by atoms with van der Waals surface area (Å²) >= 11 is 0. The van der Waals surface area contributed by atoms with Gasteiger partial charge in [-0.2, -0.15) is 5.10 Å². The lowest BCUT2D eigenvalue weighted by Gasteiger charge is -2.02. The van der Waals surface area contributed by atoms with E-state index in [0.717, 1.165) is 13.2 Å². The lowest BCUT2D eigenvalue weighted by atomic mass is 10.1. The standard InChI is InChI=1S/C7H12N2.C4H8O/c1-3-6(2)7-4-5-8-9-7;1-2-4-5-3-1/h4-6H,3H2,1-2H3,(H,8,9);1-4H2. The van der Waals surface area contributed by atoms with E-state index in [1.54, 1.807) is 6.20 Å². The molecule has 1 atom stereocenters. The van der Waals surface area contributed by atoms with Gasteiger partial charge in [0.1, 0.15) is 0 Å². The largest absolute Gasteiger partial charge is 0.381 e. The predicted octanol–water partition coefficient (Wildman–Crippen LogP) is 2.72. The van der Waals surface area contributed by atoms with E-state index in [4.69, 9.17) is 4.74 Å². The fraction of sp³-hybridized carbons (Fsp3) is 0.727. The summed E-state index contributed by atoms with van der Waals surface area (Å²) in [6, 6.07) is 2.02. The molecule has 0 aromatic carbocycles. The van der Waals surface area contributed by atoms with Crippen LogP contribution in [0.5, 0.6) is 0 Å². The molecule has 0 amide bonds. The molecular formula is C11H20N2O. The Morgan fingerprint density at radius 2 is 2.21 bits per heavy atom. The molecule has 3 heteroatoms. The van der Waals surface area contributed by atoms with Crippen LogP contribution >= 0.6 is 0 Å². The molecular weight excluding hydrogens is 176 g/mol. The highest BCUT2D eigenvalue weighted by molar-refractivity contribution is 5.03. The van der Waals surface area contributed by atoms with Crippen molar-refractivity contribution in [3.05, 3.63) is 18.0 Å². The van der Waals surface area contributed by atoms with Crippen molar-refractivity contribution >= 4 is 0 Å². The lowest BCUT2D eigenvalue weighted by molar-refractivity contribution is 0.198. The summed E-state index contributed by atoms with van der Waals surface area (Å²) in [6.07, 6.45) is 5.52. The van der Waals surface area contributed by atoms with Gasteiger partial charge in [0.25, 0.3) is 0 Å². The predicted molar refractivity (Wildman–Crippen MR) is 57.3 cm³/mol. The third kappa shape index (κ3) is 3.92. The summed E-state index contributed by atoms with van der Waals surface area (Å²) in [7, 11) is 0. The molecule has 2 rings (SSSR count). The first-order valence-corrected chi connectivity index (χ1v) is 5.41. The van der Waals surface area contributed by atoms with Crippen molar-refractivity contribution in [2.24, 2.45) is 0 Å². The van der Waals surface area contributed by atoms with E-state index in [2.05, 4.69) is 24.0 Å². The van der Waals surface area contributed by atoms with Crippen molar-refractivity contribution in [1.82, 2.24) is 10.2 Å². The smallest absolute Gasteiger partial charge is 0.0490 e. The first kappa shape index (κ1) is 11.2. The molecule has 1 aliphatic heterocycles. The Bertz CT molecular complexity index is 210. The van der Waals surface area contributed by atoms with Gasteiger partial charge < -0.3 is 4.74 Å². The number of nitrogens with zero attached hydrogens (tertiary/aromatic N) is 1. The van der Waals surface area contributed by atoms with E-state index in [-0.39, 0.29) is 0 Å². The first-order valence-electron chi connectivity index (χ1n) is 5.41. The summed E-state index contributed by atoms with van der Waals surface area (Å²) < 4.78 is 4.94. The molecule has 1 fully saturated rings. The van der Waals surface area contributed by atoms with Gasteiger partial charge >= 0.3 is 0 Å². The Kier molecular flexibility index (Phi) is 5.30. The Hall–Kier alpha value is -0.830. The lowest BCUT2D eigenvalue weighted by Crippen LogP contribution is -1.90. The van der Waals surface area contributed by atoms with Crippen LogP contribution in [0.2, 0.25) is 0 Å². The molecule has 1 N–H and O–H groups in total. The minimum absolute atomic E-state index is 0.618. The summed E-state index contributed by atoms with van der Waals surface area (Å²) in [4.78, 5) is 0. The fourth-order valence-electron chi connectivity index (χ4n) is 1.27. The van der Waals surface area contributed by atoms with Crippen LogP contribution in [0, 0.1) is 0 Å². The minimum Gasteiger partial charge on any atom is -0.381 e. The molecule has 0 radical (unpaired) electrons. The number of H-pyrrole nitrogens is 1. The minimum atomic E-state index is 0.618. The zero-order valence-electron chi connectivity index (χ0n) is 9.12. The fourth-order valence-corrected chi connectivity index (χ4v) is 1.27. The maximum Gasteiger partial charge on any atom is 0.0490 e. The third-order valence-corrected chi connectivity index (χ3v) is 2.49. The van der Waals surface area contributed by atoms with Gasteiger partial charge in [0.2, 0.25) is 0 Å². The molecule has 1 unspecified atom stereocenters. The quantitative estimate of drug-likeness (QED) is 0.789. The molecule has 14 heavy (non-hydrogen) atoms. The SMILES string of the molecule is C1CCOC1.CCC(C)c1ccn[nH]1.